The lowest BCUT2D eigenvalue weighted by Gasteiger charge is -2.20. The van der Waals surface area contributed by atoms with Crippen molar-refractivity contribution in [2.45, 2.75) is 19.8 Å². The van der Waals surface area contributed by atoms with Gasteiger partial charge in [0.2, 0.25) is 5.75 Å². The Kier molecular flexibility index (Phi) is 5.44. The molecule has 0 amide bonds. The van der Waals surface area contributed by atoms with E-state index < -0.39 is 5.97 Å². The van der Waals surface area contributed by atoms with E-state index in [1.165, 1.54) is 28.3 Å². The summed E-state index contributed by atoms with van der Waals surface area (Å²) in [6.07, 6.45) is 0.801. The van der Waals surface area contributed by atoms with Crippen molar-refractivity contribution in [3.8, 4) is 39.9 Å². The van der Waals surface area contributed by atoms with Gasteiger partial charge in [-0.2, -0.15) is 0 Å². The van der Waals surface area contributed by atoms with Crippen LogP contribution in [0.2, 0.25) is 0 Å². The van der Waals surface area contributed by atoms with Crippen molar-refractivity contribution < 1.29 is 33.3 Å². The van der Waals surface area contributed by atoms with Crippen LogP contribution < -0.4 is 23.7 Å². The van der Waals surface area contributed by atoms with E-state index in [1.807, 2.05) is 6.07 Å². The fourth-order valence-electron chi connectivity index (χ4n) is 3.47. The number of esters is 1. The van der Waals surface area contributed by atoms with E-state index in [0.29, 0.717) is 47.0 Å². The van der Waals surface area contributed by atoms with Gasteiger partial charge in [-0.25, -0.2) is 0 Å². The van der Waals surface area contributed by atoms with Crippen LogP contribution in [0.15, 0.2) is 18.2 Å². The molecule has 28 heavy (non-hydrogen) atoms. The number of methoxy groups -OCH3 is 4. The summed E-state index contributed by atoms with van der Waals surface area (Å²) in [6, 6.07) is 5.08. The van der Waals surface area contributed by atoms with Crippen LogP contribution in [-0.4, -0.2) is 40.2 Å². The summed E-state index contributed by atoms with van der Waals surface area (Å²) in [5.74, 6) is 1.40. The third-order valence-corrected chi connectivity index (χ3v) is 4.66. The Morgan fingerprint density at radius 3 is 2.00 bits per heavy atom. The van der Waals surface area contributed by atoms with E-state index in [-0.39, 0.29) is 11.5 Å². The van der Waals surface area contributed by atoms with Gasteiger partial charge in [0, 0.05) is 30.0 Å². The molecule has 1 aliphatic carbocycles. The zero-order chi connectivity index (χ0) is 20.4. The number of carbonyl (C=O) groups excluding carboxylic acids is 2. The third-order valence-electron chi connectivity index (χ3n) is 4.66. The fourth-order valence-corrected chi connectivity index (χ4v) is 3.47. The molecule has 0 bridgehead atoms. The minimum atomic E-state index is -0.497. The molecule has 0 N–H and O–H groups in total. The van der Waals surface area contributed by atoms with Crippen LogP contribution in [-0.2, 0) is 11.2 Å². The zero-order valence-corrected chi connectivity index (χ0v) is 16.5. The third kappa shape index (κ3) is 3.24. The zero-order valence-electron chi connectivity index (χ0n) is 16.5. The normalized spacial score (nSPS) is 12.4. The number of carbonyl (C=O) groups is 2. The highest BCUT2D eigenvalue weighted by atomic mass is 16.6. The molecule has 0 heterocycles. The molecular weight excluding hydrogens is 364 g/mol. The van der Waals surface area contributed by atoms with E-state index in [9.17, 15) is 9.59 Å². The summed E-state index contributed by atoms with van der Waals surface area (Å²) >= 11 is 0. The standard InChI is InChI=1S/C21H22O7/c1-11(22)28-17-9-13-14(10-16(17)24-2)19-12(6-7-15(13)23)8-18(25-3)20(26-4)21(19)27-5/h8-10H,6-7H2,1-5H3. The molecule has 7 nitrogen and oxygen atoms in total. The predicted octanol–water partition coefficient (Wildman–Crippen LogP) is 3.44. The highest BCUT2D eigenvalue weighted by Gasteiger charge is 2.29. The Hall–Kier alpha value is -3.22. The van der Waals surface area contributed by atoms with E-state index >= 15 is 0 Å². The number of benzene rings is 2. The van der Waals surface area contributed by atoms with Crippen LogP contribution in [0.25, 0.3) is 11.1 Å². The first-order chi connectivity index (χ1) is 13.4. The number of hydrogen-bond acceptors (Lipinski definition) is 7. The average Bonchev–Trinajstić information content (AvgIpc) is 2.82. The molecule has 0 atom stereocenters. The number of rotatable bonds is 5. The Labute approximate surface area is 163 Å². The quantitative estimate of drug-likeness (QED) is 0.575. The van der Waals surface area contributed by atoms with Crippen LogP contribution in [0.1, 0.15) is 29.3 Å². The van der Waals surface area contributed by atoms with Gasteiger partial charge in [0.05, 0.1) is 28.4 Å². The first-order valence-electron chi connectivity index (χ1n) is 8.71. The molecule has 7 heteroatoms. The van der Waals surface area contributed by atoms with Gasteiger partial charge >= 0.3 is 5.97 Å². The molecule has 0 radical (unpaired) electrons. The smallest absolute Gasteiger partial charge is 0.308 e. The van der Waals surface area contributed by atoms with Gasteiger partial charge in [-0.05, 0) is 30.2 Å². The first-order valence-corrected chi connectivity index (χ1v) is 8.71. The summed E-state index contributed by atoms with van der Waals surface area (Å²) in [5, 5.41) is 0. The van der Waals surface area contributed by atoms with Crippen molar-refractivity contribution in [1.82, 2.24) is 0 Å². The molecular formula is C21H22O7. The molecule has 0 saturated heterocycles. The van der Waals surface area contributed by atoms with Crippen LogP contribution >= 0.6 is 0 Å². The number of aryl methyl sites for hydroxylation is 1. The molecule has 2 aromatic rings. The van der Waals surface area contributed by atoms with Gasteiger partial charge in [-0.1, -0.05) is 0 Å². The van der Waals surface area contributed by atoms with Crippen molar-refractivity contribution in [2.24, 2.45) is 0 Å². The Bertz CT molecular complexity index is 947. The SMILES string of the molecule is COc1cc2c(cc1OC(C)=O)C(=O)CCc1cc(OC)c(OC)c(OC)c1-2. The van der Waals surface area contributed by atoms with Crippen LogP contribution in [0.5, 0.6) is 28.7 Å². The second-order valence-corrected chi connectivity index (χ2v) is 6.24. The van der Waals surface area contributed by atoms with Gasteiger partial charge in [0.15, 0.2) is 28.8 Å². The molecule has 0 aliphatic heterocycles. The van der Waals surface area contributed by atoms with Crippen LogP contribution in [0.4, 0.5) is 0 Å². The molecule has 3 rings (SSSR count). The molecule has 0 unspecified atom stereocenters. The highest BCUT2D eigenvalue weighted by Crippen LogP contribution is 2.50. The second-order valence-electron chi connectivity index (χ2n) is 6.24. The van der Waals surface area contributed by atoms with Crippen molar-refractivity contribution in [3.05, 3.63) is 29.3 Å². The van der Waals surface area contributed by atoms with E-state index in [1.54, 1.807) is 19.2 Å². The maximum absolute atomic E-state index is 12.8. The highest BCUT2D eigenvalue weighted by molar-refractivity contribution is 6.06. The van der Waals surface area contributed by atoms with Gasteiger partial charge in [0.1, 0.15) is 0 Å². The van der Waals surface area contributed by atoms with Crippen molar-refractivity contribution in [1.29, 1.82) is 0 Å². The van der Waals surface area contributed by atoms with Gasteiger partial charge in [0.25, 0.3) is 0 Å². The lowest BCUT2D eigenvalue weighted by molar-refractivity contribution is -0.132. The van der Waals surface area contributed by atoms with Gasteiger partial charge in [-0.3, -0.25) is 9.59 Å². The predicted molar refractivity (Wildman–Crippen MR) is 102 cm³/mol. The minimum Gasteiger partial charge on any atom is -0.493 e. The molecule has 148 valence electrons. The summed E-state index contributed by atoms with van der Waals surface area (Å²) in [4.78, 5) is 24.3. The maximum Gasteiger partial charge on any atom is 0.308 e. The largest absolute Gasteiger partial charge is 0.493 e. The number of ether oxygens (including phenoxy) is 5. The van der Waals surface area contributed by atoms with Crippen LogP contribution in [0, 0.1) is 0 Å². The summed E-state index contributed by atoms with van der Waals surface area (Å²) in [5.41, 5.74) is 2.68. The minimum absolute atomic E-state index is 0.0674. The lowest BCUT2D eigenvalue weighted by atomic mass is 9.94. The molecule has 2 aromatic carbocycles. The van der Waals surface area contributed by atoms with Gasteiger partial charge < -0.3 is 23.7 Å². The summed E-state index contributed by atoms with van der Waals surface area (Å²) in [6.45, 7) is 1.29. The van der Waals surface area contributed by atoms with E-state index in [2.05, 4.69) is 0 Å². The molecule has 0 fully saturated rings. The molecule has 0 saturated carbocycles. The fraction of sp³-hybridized carbons (Fsp3) is 0.333. The molecule has 0 spiro atoms. The van der Waals surface area contributed by atoms with E-state index in [4.69, 9.17) is 23.7 Å². The van der Waals surface area contributed by atoms with E-state index in [0.717, 1.165) is 11.1 Å². The van der Waals surface area contributed by atoms with Crippen molar-refractivity contribution in [2.75, 3.05) is 28.4 Å². The topological polar surface area (TPSA) is 80.3 Å². The lowest BCUT2D eigenvalue weighted by Crippen LogP contribution is -2.06. The number of fused-ring (bicyclic) bond motifs is 3. The van der Waals surface area contributed by atoms with Gasteiger partial charge in [-0.15, -0.1) is 0 Å². The second kappa shape index (κ2) is 7.80. The summed E-state index contributed by atoms with van der Waals surface area (Å²) in [7, 11) is 6.09. The maximum atomic E-state index is 12.8. The number of hydrogen-bond donors (Lipinski definition) is 0. The van der Waals surface area contributed by atoms with Crippen LogP contribution in [0.3, 0.4) is 0 Å². The molecule has 0 aromatic heterocycles. The van der Waals surface area contributed by atoms with Crippen molar-refractivity contribution >= 4 is 11.8 Å². The first kappa shape index (κ1) is 19.5. The number of ketones is 1. The summed E-state index contributed by atoms with van der Waals surface area (Å²) < 4.78 is 27.2. The monoisotopic (exact) mass is 386 g/mol. The number of Topliss-reactive ketones (excluding diaryl/α,β-unsaturated/α-hetero) is 1. The van der Waals surface area contributed by atoms with Crippen molar-refractivity contribution in [3.63, 3.8) is 0 Å². The molecule has 1 aliphatic rings. The average molecular weight is 386 g/mol. The Morgan fingerprint density at radius 2 is 1.43 bits per heavy atom. The Balaban J connectivity index is 2.37. The Morgan fingerprint density at radius 1 is 0.786 bits per heavy atom.